The molecule has 4 rings (SSSR count). The number of methoxy groups -OCH3 is 1. The van der Waals surface area contributed by atoms with Gasteiger partial charge in [-0.1, -0.05) is 17.3 Å². The molecule has 1 amide bonds. The van der Waals surface area contributed by atoms with E-state index in [2.05, 4.69) is 20.4 Å². The largest absolute Gasteiger partial charge is 0.497 e. The van der Waals surface area contributed by atoms with Crippen LogP contribution in [-0.2, 0) is 18.3 Å². The van der Waals surface area contributed by atoms with Crippen molar-refractivity contribution in [3.8, 4) is 17.1 Å². The van der Waals surface area contributed by atoms with Gasteiger partial charge < -0.3 is 19.1 Å². The summed E-state index contributed by atoms with van der Waals surface area (Å²) in [6, 6.07) is 9.11. The molecule has 3 heterocycles. The smallest absolute Gasteiger partial charge is 0.227 e. The lowest BCUT2D eigenvalue weighted by Crippen LogP contribution is -2.31. The fourth-order valence-electron chi connectivity index (χ4n) is 3.07. The van der Waals surface area contributed by atoms with Crippen molar-refractivity contribution in [1.82, 2.24) is 25.0 Å². The molecular formula is C21H21N5O3S. The topological polar surface area (TPSA) is 95.1 Å². The lowest BCUT2D eigenvalue weighted by molar-refractivity contribution is -0.121. The standard InChI is InChI=1S/C21H21N5O3S/c1-26-11-10-22-21(26)19(14-3-5-16(28-2)6-4-14)23-17(27)7-8-18-24-20(25-29-18)15-9-12-30-13-15/h3-6,9-13,19H,7-8H2,1-2H3,(H,23,27). The van der Waals surface area contributed by atoms with Gasteiger partial charge in [0.25, 0.3) is 0 Å². The highest BCUT2D eigenvalue weighted by Gasteiger charge is 2.21. The number of benzene rings is 1. The Balaban J connectivity index is 1.44. The third kappa shape index (κ3) is 4.41. The van der Waals surface area contributed by atoms with Gasteiger partial charge in [-0.25, -0.2) is 4.98 Å². The van der Waals surface area contributed by atoms with Crippen molar-refractivity contribution >= 4 is 17.2 Å². The van der Waals surface area contributed by atoms with E-state index in [0.29, 0.717) is 18.1 Å². The summed E-state index contributed by atoms with van der Waals surface area (Å²) in [7, 11) is 3.52. The van der Waals surface area contributed by atoms with Crippen molar-refractivity contribution in [1.29, 1.82) is 0 Å². The van der Waals surface area contributed by atoms with Crippen LogP contribution in [0.3, 0.4) is 0 Å². The minimum absolute atomic E-state index is 0.130. The van der Waals surface area contributed by atoms with Gasteiger partial charge in [0.1, 0.15) is 17.6 Å². The van der Waals surface area contributed by atoms with E-state index in [-0.39, 0.29) is 18.4 Å². The minimum atomic E-state index is -0.382. The van der Waals surface area contributed by atoms with E-state index in [0.717, 1.165) is 22.7 Å². The molecule has 1 N–H and O–H groups in total. The first-order valence-electron chi connectivity index (χ1n) is 9.39. The van der Waals surface area contributed by atoms with Gasteiger partial charge in [-0.15, -0.1) is 0 Å². The Bertz CT molecular complexity index is 1100. The molecule has 0 aliphatic rings. The summed E-state index contributed by atoms with van der Waals surface area (Å²) in [5.41, 5.74) is 1.82. The number of nitrogens with one attached hydrogen (secondary N) is 1. The zero-order chi connectivity index (χ0) is 20.9. The van der Waals surface area contributed by atoms with Crippen molar-refractivity contribution < 1.29 is 14.1 Å². The number of aryl methyl sites for hydroxylation is 2. The molecule has 0 spiro atoms. The molecule has 30 heavy (non-hydrogen) atoms. The van der Waals surface area contributed by atoms with Crippen LogP contribution in [0.4, 0.5) is 0 Å². The quantitative estimate of drug-likeness (QED) is 0.467. The Labute approximate surface area is 177 Å². The lowest BCUT2D eigenvalue weighted by Gasteiger charge is -2.19. The van der Waals surface area contributed by atoms with Gasteiger partial charge >= 0.3 is 0 Å². The SMILES string of the molecule is COc1ccc(C(NC(=O)CCc2nc(-c3ccsc3)no2)c2nccn2C)cc1. The van der Waals surface area contributed by atoms with E-state index in [1.807, 2.05) is 58.9 Å². The molecule has 3 aromatic heterocycles. The van der Waals surface area contributed by atoms with Crippen LogP contribution < -0.4 is 10.1 Å². The summed E-state index contributed by atoms with van der Waals surface area (Å²) >= 11 is 1.57. The first kappa shape index (κ1) is 19.8. The van der Waals surface area contributed by atoms with Gasteiger partial charge in [0, 0.05) is 43.2 Å². The van der Waals surface area contributed by atoms with Crippen molar-refractivity contribution in [2.75, 3.05) is 7.11 Å². The summed E-state index contributed by atoms with van der Waals surface area (Å²) in [5.74, 6) is 2.33. The molecule has 0 aliphatic heterocycles. The summed E-state index contributed by atoms with van der Waals surface area (Å²) in [5, 5.41) is 11.0. The number of carbonyl (C=O) groups excluding carboxylic acids is 1. The number of nitrogens with zero attached hydrogens (tertiary/aromatic N) is 4. The number of rotatable bonds is 8. The number of aromatic nitrogens is 4. The highest BCUT2D eigenvalue weighted by atomic mass is 32.1. The van der Waals surface area contributed by atoms with Crippen LogP contribution in [0.5, 0.6) is 5.75 Å². The molecular weight excluding hydrogens is 402 g/mol. The van der Waals surface area contributed by atoms with E-state index in [9.17, 15) is 4.79 Å². The zero-order valence-electron chi connectivity index (χ0n) is 16.6. The number of thiophene rings is 1. The first-order valence-corrected chi connectivity index (χ1v) is 10.3. The second-order valence-corrected chi connectivity index (χ2v) is 7.47. The van der Waals surface area contributed by atoms with Crippen molar-refractivity contribution in [2.24, 2.45) is 7.05 Å². The second-order valence-electron chi connectivity index (χ2n) is 6.69. The maximum absolute atomic E-state index is 12.7. The van der Waals surface area contributed by atoms with Crippen LogP contribution in [0.1, 0.15) is 29.7 Å². The van der Waals surface area contributed by atoms with Gasteiger partial charge in [-0.3, -0.25) is 4.79 Å². The summed E-state index contributed by atoms with van der Waals surface area (Å²) in [6.07, 6.45) is 4.14. The molecule has 154 valence electrons. The summed E-state index contributed by atoms with van der Waals surface area (Å²) in [6.45, 7) is 0. The average molecular weight is 423 g/mol. The molecule has 8 nitrogen and oxygen atoms in total. The molecule has 1 atom stereocenters. The van der Waals surface area contributed by atoms with Crippen LogP contribution >= 0.6 is 11.3 Å². The Hall–Kier alpha value is -3.46. The van der Waals surface area contributed by atoms with E-state index >= 15 is 0 Å². The summed E-state index contributed by atoms with van der Waals surface area (Å²) in [4.78, 5) is 21.5. The van der Waals surface area contributed by atoms with Gasteiger partial charge in [0.05, 0.1) is 7.11 Å². The fourth-order valence-corrected chi connectivity index (χ4v) is 3.70. The number of ether oxygens (including phenoxy) is 1. The molecule has 0 saturated carbocycles. The third-order valence-electron chi connectivity index (χ3n) is 4.68. The third-order valence-corrected chi connectivity index (χ3v) is 5.37. The van der Waals surface area contributed by atoms with Gasteiger partial charge in [0.15, 0.2) is 0 Å². The highest BCUT2D eigenvalue weighted by molar-refractivity contribution is 7.08. The molecule has 0 saturated heterocycles. The minimum Gasteiger partial charge on any atom is -0.497 e. The fraction of sp³-hybridized carbons (Fsp3) is 0.238. The van der Waals surface area contributed by atoms with E-state index < -0.39 is 0 Å². The van der Waals surface area contributed by atoms with E-state index in [1.165, 1.54) is 0 Å². The van der Waals surface area contributed by atoms with E-state index in [4.69, 9.17) is 9.26 Å². The Morgan fingerprint density at radius 2 is 2.13 bits per heavy atom. The second kappa shape index (κ2) is 8.91. The number of imidazole rings is 1. The monoisotopic (exact) mass is 423 g/mol. The van der Waals surface area contributed by atoms with E-state index in [1.54, 1.807) is 24.6 Å². The molecule has 0 radical (unpaired) electrons. The maximum Gasteiger partial charge on any atom is 0.227 e. The van der Waals surface area contributed by atoms with Gasteiger partial charge in [0.2, 0.25) is 17.6 Å². The molecule has 1 unspecified atom stereocenters. The Morgan fingerprint density at radius 3 is 2.80 bits per heavy atom. The van der Waals surface area contributed by atoms with Crippen LogP contribution in [0.2, 0.25) is 0 Å². The van der Waals surface area contributed by atoms with Crippen LogP contribution in [0.25, 0.3) is 11.4 Å². The maximum atomic E-state index is 12.7. The molecule has 0 bridgehead atoms. The van der Waals surface area contributed by atoms with Crippen LogP contribution in [0.15, 0.2) is 58.0 Å². The van der Waals surface area contributed by atoms with Crippen molar-refractivity contribution in [3.63, 3.8) is 0 Å². The number of carbonyl (C=O) groups is 1. The molecule has 0 fully saturated rings. The first-order chi connectivity index (χ1) is 14.6. The normalized spacial score (nSPS) is 11.9. The lowest BCUT2D eigenvalue weighted by atomic mass is 10.1. The van der Waals surface area contributed by atoms with Gasteiger partial charge in [-0.05, 0) is 29.1 Å². The Kier molecular flexibility index (Phi) is 5.89. The highest BCUT2D eigenvalue weighted by Crippen LogP contribution is 2.23. The average Bonchev–Trinajstić information content (AvgIpc) is 3.52. The molecule has 1 aromatic carbocycles. The number of hydrogen-bond acceptors (Lipinski definition) is 7. The zero-order valence-corrected chi connectivity index (χ0v) is 17.4. The van der Waals surface area contributed by atoms with Gasteiger partial charge in [-0.2, -0.15) is 16.3 Å². The number of hydrogen-bond donors (Lipinski definition) is 1. The molecule has 0 aliphatic carbocycles. The van der Waals surface area contributed by atoms with Crippen molar-refractivity contribution in [3.05, 3.63) is 70.8 Å². The summed E-state index contributed by atoms with van der Waals surface area (Å²) < 4.78 is 12.4. The predicted octanol–water partition coefficient (Wildman–Crippen LogP) is 3.38. The number of amides is 1. The van der Waals surface area contributed by atoms with Crippen LogP contribution in [0, 0.1) is 0 Å². The molecule has 4 aromatic rings. The Morgan fingerprint density at radius 1 is 1.30 bits per heavy atom. The van der Waals surface area contributed by atoms with Crippen LogP contribution in [-0.4, -0.2) is 32.7 Å². The molecule has 9 heteroatoms. The predicted molar refractivity (Wildman–Crippen MR) is 112 cm³/mol. The van der Waals surface area contributed by atoms with Crippen molar-refractivity contribution in [2.45, 2.75) is 18.9 Å².